The number of sulfonamides is 1. The van der Waals surface area contributed by atoms with Crippen LogP contribution in [-0.2, 0) is 21.2 Å². The molecule has 0 aliphatic heterocycles. The highest BCUT2D eigenvalue weighted by Gasteiger charge is 2.23. The van der Waals surface area contributed by atoms with E-state index in [4.69, 9.17) is 0 Å². The number of aryl methyl sites for hydroxylation is 1. The van der Waals surface area contributed by atoms with Crippen molar-refractivity contribution in [3.8, 4) is 0 Å². The van der Waals surface area contributed by atoms with Crippen LogP contribution in [0.3, 0.4) is 0 Å². The minimum atomic E-state index is -3.67. The van der Waals surface area contributed by atoms with Crippen LogP contribution in [0.5, 0.6) is 0 Å². The fourth-order valence-corrected chi connectivity index (χ4v) is 3.20. The Hall–Kier alpha value is -2.41. The molecule has 0 fully saturated rings. The maximum absolute atomic E-state index is 13.6. The van der Waals surface area contributed by atoms with Crippen molar-refractivity contribution in [2.24, 2.45) is 0 Å². The molecule has 5 nitrogen and oxygen atoms in total. The summed E-state index contributed by atoms with van der Waals surface area (Å²) in [6.07, 6.45) is 1.66. The number of anilines is 2. The molecule has 2 rings (SSSR count). The van der Waals surface area contributed by atoms with Crippen LogP contribution in [0.2, 0.25) is 0 Å². The Bertz CT molecular complexity index is 837. The van der Waals surface area contributed by atoms with Crippen molar-refractivity contribution in [2.45, 2.75) is 13.3 Å². The molecule has 128 valence electrons. The molecule has 0 saturated heterocycles. The van der Waals surface area contributed by atoms with E-state index in [-0.39, 0.29) is 5.69 Å². The Kier molecular flexibility index (Phi) is 5.56. The lowest BCUT2D eigenvalue weighted by atomic mass is 10.1. The minimum absolute atomic E-state index is 0.0136. The first kappa shape index (κ1) is 17.9. The zero-order valence-electron chi connectivity index (χ0n) is 13.5. The number of hydrogen-bond acceptors (Lipinski definition) is 3. The molecule has 0 bridgehead atoms. The predicted octanol–water partition coefficient (Wildman–Crippen LogP) is 2.79. The van der Waals surface area contributed by atoms with Crippen molar-refractivity contribution >= 4 is 27.3 Å². The number of amides is 1. The van der Waals surface area contributed by atoms with Crippen LogP contribution in [0, 0.1) is 5.82 Å². The van der Waals surface area contributed by atoms with E-state index in [0.29, 0.717) is 12.1 Å². The molecule has 0 atom stereocenters. The fourth-order valence-electron chi connectivity index (χ4n) is 2.32. The Morgan fingerprint density at radius 2 is 1.75 bits per heavy atom. The topological polar surface area (TPSA) is 66.5 Å². The van der Waals surface area contributed by atoms with Gasteiger partial charge in [0.1, 0.15) is 12.4 Å². The van der Waals surface area contributed by atoms with E-state index in [1.807, 2.05) is 19.1 Å². The average Bonchev–Trinajstić information content (AvgIpc) is 2.54. The third-order valence-corrected chi connectivity index (χ3v) is 4.60. The van der Waals surface area contributed by atoms with Crippen LogP contribution in [0.1, 0.15) is 12.5 Å². The van der Waals surface area contributed by atoms with Gasteiger partial charge in [0, 0.05) is 0 Å². The van der Waals surface area contributed by atoms with Gasteiger partial charge in [-0.2, -0.15) is 0 Å². The highest BCUT2D eigenvalue weighted by molar-refractivity contribution is 7.92. The van der Waals surface area contributed by atoms with E-state index in [1.165, 1.54) is 18.2 Å². The summed E-state index contributed by atoms with van der Waals surface area (Å²) in [5.41, 5.74) is 1.27. The molecule has 1 amide bonds. The highest BCUT2D eigenvalue weighted by atomic mass is 32.2. The van der Waals surface area contributed by atoms with Gasteiger partial charge in [-0.3, -0.25) is 9.10 Å². The second-order valence-electron chi connectivity index (χ2n) is 5.28. The summed E-state index contributed by atoms with van der Waals surface area (Å²) in [6.45, 7) is 1.48. The van der Waals surface area contributed by atoms with Gasteiger partial charge in [-0.25, -0.2) is 12.8 Å². The zero-order chi connectivity index (χ0) is 17.7. The van der Waals surface area contributed by atoms with E-state index >= 15 is 0 Å². The zero-order valence-corrected chi connectivity index (χ0v) is 14.3. The van der Waals surface area contributed by atoms with Gasteiger partial charge in [0.25, 0.3) is 0 Å². The van der Waals surface area contributed by atoms with Crippen LogP contribution in [-0.4, -0.2) is 27.1 Å². The number of nitrogens with one attached hydrogen (secondary N) is 1. The monoisotopic (exact) mass is 350 g/mol. The van der Waals surface area contributed by atoms with Crippen LogP contribution in [0.25, 0.3) is 0 Å². The maximum atomic E-state index is 13.6. The molecule has 2 aromatic rings. The second kappa shape index (κ2) is 7.44. The van der Waals surface area contributed by atoms with Gasteiger partial charge in [0.2, 0.25) is 15.9 Å². The number of halogens is 1. The van der Waals surface area contributed by atoms with Gasteiger partial charge >= 0.3 is 0 Å². The molecule has 0 radical (unpaired) electrons. The second-order valence-corrected chi connectivity index (χ2v) is 7.19. The number of carbonyl (C=O) groups excluding carboxylic acids is 1. The molecule has 2 aromatic carbocycles. The standard InChI is InChI=1S/C17H19FN2O3S/c1-3-13-8-4-7-11-16(13)20(24(2,22)23)12-17(21)19-15-10-6-5-9-14(15)18/h4-11H,3,12H2,1-2H3,(H,19,21). The molecule has 0 saturated carbocycles. The Balaban J connectivity index is 2.27. The highest BCUT2D eigenvalue weighted by Crippen LogP contribution is 2.23. The van der Waals surface area contributed by atoms with Gasteiger partial charge in [0.05, 0.1) is 17.6 Å². The smallest absolute Gasteiger partial charge is 0.245 e. The molecule has 24 heavy (non-hydrogen) atoms. The molecular formula is C17H19FN2O3S. The predicted molar refractivity (Wildman–Crippen MR) is 93.0 cm³/mol. The summed E-state index contributed by atoms with van der Waals surface area (Å²) in [4.78, 5) is 12.2. The third kappa shape index (κ3) is 4.32. The summed E-state index contributed by atoms with van der Waals surface area (Å²) in [5.74, 6) is -1.19. The first-order valence-corrected chi connectivity index (χ1v) is 9.27. The number of para-hydroxylation sites is 2. The van der Waals surface area contributed by atoms with Crippen LogP contribution in [0.15, 0.2) is 48.5 Å². The summed E-state index contributed by atoms with van der Waals surface area (Å²) in [5, 5.41) is 2.40. The third-order valence-electron chi connectivity index (χ3n) is 3.48. The van der Waals surface area contributed by atoms with E-state index in [1.54, 1.807) is 18.2 Å². The van der Waals surface area contributed by atoms with E-state index < -0.39 is 28.3 Å². The maximum Gasteiger partial charge on any atom is 0.245 e. The van der Waals surface area contributed by atoms with Crippen LogP contribution in [0.4, 0.5) is 15.8 Å². The number of nitrogens with zero attached hydrogens (tertiary/aromatic N) is 1. The molecule has 7 heteroatoms. The molecule has 0 heterocycles. The normalized spacial score (nSPS) is 11.1. The summed E-state index contributed by atoms with van der Waals surface area (Å²) in [6, 6.07) is 12.7. The Morgan fingerprint density at radius 1 is 1.12 bits per heavy atom. The van der Waals surface area contributed by atoms with Crippen molar-refractivity contribution in [3.05, 3.63) is 59.9 Å². The van der Waals surface area contributed by atoms with Crippen LogP contribution < -0.4 is 9.62 Å². The summed E-state index contributed by atoms with van der Waals surface area (Å²) >= 11 is 0. The quantitative estimate of drug-likeness (QED) is 0.871. The van der Waals surface area contributed by atoms with Gasteiger partial charge in [-0.1, -0.05) is 37.3 Å². The number of hydrogen-bond donors (Lipinski definition) is 1. The first-order chi connectivity index (χ1) is 11.3. The molecule has 0 aliphatic carbocycles. The molecule has 1 N–H and O–H groups in total. The van der Waals surface area contributed by atoms with Crippen molar-refractivity contribution in [2.75, 3.05) is 22.4 Å². The van der Waals surface area contributed by atoms with E-state index in [0.717, 1.165) is 16.1 Å². The van der Waals surface area contributed by atoms with Gasteiger partial charge in [0.15, 0.2) is 0 Å². The van der Waals surface area contributed by atoms with Crippen molar-refractivity contribution in [3.63, 3.8) is 0 Å². The van der Waals surface area contributed by atoms with E-state index in [9.17, 15) is 17.6 Å². The molecule has 0 spiro atoms. The van der Waals surface area contributed by atoms with Crippen molar-refractivity contribution in [1.29, 1.82) is 0 Å². The summed E-state index contributed by atoms with van der Waals surface area (Å²) in [7, 11) is -3.67. The van der Waals surface area contributed by atoms with Gasteiger partial charge in [-0.05, 0) is 30.2 Å². The van der Waals surface area contributed by atoms with Crippen molar-refractivity contribution < 1.29 is 17.6 Å². The largest absolute Gasteiger partial charge is 0.322 e. The minimum Gasteiger partial charge on any atom is -0.322 e. The average molecular weight is 350 g/mol. The number of rotatable bonds is 6. The van der Waals surface area contributed by atoms with Crippen molar-refractivity contribution in [1.82, 2.24) is 0 Å². The molecule has 0 unspecified atom stereocenters. The molecule has 0 aliphatic rings. The molecular weight excluding hydrogens is 331 g/mol. The van der Waals surface area contributed by atoms with Gasteiger partial charge < -0.3 is 5.32 Å². The fraction of sp³-hybridized carbons (Fsp3) is 0.235. The number of carbonyl (C=O) groups is 1. The lowest BCUT2D eigenvalue weighted by Gasteiger charge is -2.24. The Labute approximate surface area is 141 Å². The van der Waals surface area contributed by atoms with E-state index in [2.05, 4.69) is 5.32 Å². The summed E-state index contributed by atoms with van der Waals surface area (Å²) < 4.78 is 38.9. The lowest BCUT2D eigenvalue weighted by Crippen LogP contribution is -2.38. The Morgan fingerprint density at radius 3 is 2.38 bits per heavy atom. The van der Waals surface area contributed by atoms with Crippen LogP contribution >= 0.6 is 0 Å². The number of benzene rings is 2. The van der Waals surface area contributed by atoms with Gasteiger partial charge in [-0.15, -0.1) is 0 Å². The SMILES string of the molecule is CCc1ccccc1N(CC(=O)Nc1ccccc1F)S(C)(=O)=O. The molecule has 0 aromatic heterocycles. The lowest BCUT2D eigenvalue weighted by molar-refractivity contribution is -0.114. The first-order valence-electron chi connectivity index (χ1n) is 7.43.